The zero-order valence-electron chi connectivity index (χ0n) is 11.9. The first-order valence-corrected chi connectivity index (χ1v) is 7.11. The van der Waals surface area contributed by atoms with Crippen LogP contribution in [0.5, 0.6) is 0 Å². The van der Waals surface area contributed by atoms with E-state index in [1.807, 2.05) is 6.92 Å². The number of aryl methyl sites for hydroxylation is 1. The third-order valence-corrected chi connectivity index (χ3v) is 3.99. The van der Waals surface area contributed by atoms with Crippen LogP contribution in [0.4, 0.5) is 5.82 Å². The van der Waals surface area contributed by atoms with E-state index >= 15 is 0 Å². The van der Waals surface area contributed by atoms with Crippen molar-refractivity contribution in [3.8, 4) is 0 Å². The first-order valence-electron chi connectivity index (χ1n) is 7.11. The summed E-state index contributed by atoms with van der Waals surface area (Å²) in [6, 6.07) is 2.37. The highest BCUT2D eigenvalue weighted by molar-refractivity contribution is 5.49. The van der Waals surface area contributed by atoms with Crippen molar-refractivity contribution >= 4 is 11.5 Å². The zero-order chi connectivity index (χ0) is 14.1. The van der Waals surface area contributed by atoms with Gasteiger partial charge in [-0.3, -0.25) is 4.90 Å². The zero-order valence-corrected chi connectivity index (χ0v) is 11.9. The fraction of sp³-hybridized carbons (Fsp3) is 0.615. The smallest absolute Gasteiger partial charge is 0.349 e. The summed E-state index contributed by atoms with van der Waals surface area (Å²) in [6.07, 6.45) is 2.49. The molecule has 108 valence electrons. The minimum atomic E-state index is -0.246. The number of aromatic amines is 1. The lowest BCUT2D eigenvalue weighted by Crippen LogP contribution is -2.34. The second kappa shape index (κ2) is 5.24. The average molecular weight is 276 g/mol. The fourth-order valence-electron chi connectivity index (χ4n) is 2.95. The highest BCUT2D eigenvalue weighted by atomic mass is 16.1. The summed E-state index contributed by atoms with van der Waals surface area (Å²) in [5.41, 5.74) is 0.355. The molecule has 2 N–H and O–H groups in total. The van der Waals surface area contributed by atoms with Crippen molar-refractivity contribution in [1.29, 1.82) is 0 Å². The van der Waals surface area contributed by atoms with E-state index in [1.165, 1.54) is 23.8 Å². The minimum absolute atomic E-state index is 0.246. The van der Waals surface area contributed by atoms with Gasteiger partial charge in [-0.1, -0.05) is 6.92 Å². The molecule has 0 amide bonds. The van der Waals surface area contributed by atoms with Crippen LogP contribution in [0.1, 0.15) is 25.6 Å². The topological polar surface area (TPSA) is 78.3 Å². The molecule has 1 aliphatic heterocycles. The molecule has 3 heterocycles. The van der Waals surface area contributed by atoms with Crippen LogP contribution in [0.25, 0.3) is 5.65 Å². The number of nitrogens with zero attached hydrogens (tertiary/aromatic N) is 4. The van der Waals surface area contributed by atoms with Crippen LogP contribution < -0.4 is 11.0 Å². The summed E-state index contributed by atoms with van der Waals surface area (Å²) in [5.74, 6) is 1.42. The molecule has 3 rings (SSSR count). The van der Waals surface area contributed by atoms with Gasteiger partial charge in [-0.05, 0) is 32.9 Å². The number of nitrogens with one attached hydrogen (secondary N) is 2. The monoisotopic (exact) mass is 276 g/mol. The van der Waals surface area contributed by atoms with Crippen molar-refractivity contribution in [3.05, 3.63) is 22.4 Å². The van der Waals surface area contributed by atoms with Gasteiger partial charge in [0.2, 0.25) is 0 Å². The Morgan fingerprint density at radius 2 is 2.40 bits per heavy atom. The molecule has 0 radical (unpaired) electrons. The quantitative estimate of drug-likeness (QED) is 0.856. The summed E-state index contributed by atoms with van der Waals surface area (Å²) in [5, 5.41) is 9.80. The number of H-pyrrole nitrogens is 1. The molecule has 1 unspecified atom stereocenters. The van der Waals surface area contributed by atoms with Crippen LogP contribution in [0.2, 0.25) is 0 Å². The molecule has 0 saturated carbocycles. The van der Waals surface area contributed by atoms with Gasteiger partial charge in [0.15, 0.2) is 5.65 Å². The van der Waals surface area contributed by atoms with Crippen LogP contribution in [0.15, 0.2) is 10.9 Å². The summed E-state index contributed by atoms with van der Waals surface area (Å²) in [7, 11) is 0. The van der Waals surface area contributed by atoms with Gasteiger partial charge >= 0.3 is 5.69 Å². The third kappa shape index (κ3) is 2.29. The molecule has 2 aromatic rings. The number of hydrogen-bond donors (Lipinski definition) is 2. The van der Waals surface area contributed by atoms with E-state index in [2.05, 4.69) is 32.3 Å². The number of likely N-dealkylation sites (tertiary alicyclic amines) is 1. The Hall–Kier alpha value is -1.89. The van der Waals surface area contributed by atoms with Gasteiger partial charge in [0.1, 0.15) is 11.6 Å². The molecule has 0 aromatic carbocycles. The van der Waals surface area contributed by atoms with E-state index in [-0.39, 0.29) is 5.69 Å². The van der Waals surface area contributed by atoms with Crippen LogP contribution in [0.3, 0.4) is 0 Å². The predicted octanol–water partition coefficient (Wildman–Crippen LogP) is 0.622. The number of hydrogen-bond acceptors (Lipinski definition) is 5. The van der Waals surface area contributed by atoms with Crippen molar-refractivity contribution < 1.29 is 0 Å². The molecule has 1 saturated heterocycles. The first kappa shape index (κ1) is 13.1. The van der Waals surface area contributed by atoms with E-state index in [0.717, 1.165) is 18.9 Å². The Morgan fingerprint density at radius 3 is 3.20 bits per heavy atom. The highest BCUT2D eigenvalue weighted by Gasteiger charge is 2.22. The lowest BCUT2D eigenvalue weighted by molar-refractivity contribution is 0.277. The molecular weight excluding hydrogens is 256 g/mol. The number of anilines is 1. The predicted molar refractivity (Wildman–Crippen MR) is 77.1 cm³/mol. The summed E-state index contributed by atoms with van der Waals surface area (Å²) in [6.45, 7) is 7.16. The van der Waals surface area contributed by atoms with Crippen molar-refractivity contribution in [2.75, 3.05) is 25.0 Å². The van der Waals surface area contributed by atoms with Crippen LogP contribution in [0, 0.1) is 6.92 Å². The van der Waals surface area contributed by atoms with E-state index in [4.69, 9.17) is 0 Å². The molecule has 20 heavy (non-hydrogen) atoms. The summed E-state index contributed by atoms with van der Waals surface area (Å²) >= 11 is 0. The first-order chi connectivity index (χ1) is 9.69. The molecule has 7 nitrogen and oxygen atoms in total. The maximum absolute atomic E-state index is 11.5. The molecule has 1 fully saturated rings. The van der Waals surface area contributed by atoms with Gasteiger partial charge in [-0.25, -0.2) is 19.3 Å². The Labute approximate surface area is 117 Å². The number of fused-ring (bicyclic) bond motifs is 1. The molecule has 2 aromatic heterocycles. The molecule has 1 atom stereocenters. The van der Waals surface area contributed by atoms with Crippen molar-refractivity contribution in [1.82, 2.24) is 24.5 Å². The minimum Gasteiger partial charge on any atom is -0.368 e. The number of rotatable bonds is 4. The number of likely N-dealkylation sites (N-methyl/N-ethyl adjacent to an activating group) is 1. The van der Waals surface area contributed by atoms with E-state index in [0.29, 0.717) is 17.5 Å². The Balaban J connectivity index is 1.76. The summed E-state index contributed by atoms with van der Waals surface area (Å²) in [4.78, 5) is 18.4. The van der Waals surface area contributed by atoms with E-state index < -0.39 is 0 Å². The Bertz CT molecular complexity index is 660. The molecule has 0 spiro atoms. The van der Waals surface area contributed by atoms with Gasteiger partial charge in [0.05, 0.1) is 0 Å². The van der Waals surface area contributed by atoms with Crippen molar-refractivity contribution in [2.45, 2.75) is 32.7 Å². The van der Waals surface area contributed by atoms with Crippen molar-refractivity contribution in [3.63, 3.8) is 0 Å². The van der Waals surface area contributed by atoms with E-state index in [1.54, 1.807) is 6.07 Å². The molecule has 7 heteroatoms. The Kier molecular flexibility index (Phi) is 3.43. The molecule has 1 aliphatic rings. The third-order valence-electron chi connectivity index (χ3n) is 3.99. The largest absolute Gasteiger partial charge is 0.368 e. The second-order valence-corrected chi connectivity index (χ2v) is 5.22. The van der Waals surface area contributed by atoms with Gasteiger partial charge < -0.3 is 5.32 Å². The molecular formula is C13H20N6O. The van der Waals surface area contributed by atoms with Crippen LogP contribution >= 0.6 is 0 Å². The van der Waals surface area contributed by atoms with Crippen molar-refractivity contribution in [2.24, 2.45) is 0 Å². The maximum Gasteiger partial charge on any atom is 0.349 e. The van der Waals surface area contributed by atoms with Gasteiger partial charge in [0, 0.05) is 18.7 Å². The SMILES string of the molecule is CCN1CCCC1CNc1cc2n[nH]c(=O)n2c(C)n1. The average Bonchev–Trinajstić information content (AvgIpc) is 3.03. The van der Waals surface area contributed by atoms with Gasteiger partial charge in [0.25, 0.3) is 0 Å². The lowest BCUT2D eigenvalue weighted by atomic mass is 10.2. The molecule has 0 aliphatic carbocycles. The maximum atomic E-state index is 11.5. The highest BCUT2D eigenvalue weighted by Crippen LogP contribution is 2.17. The second-order valence-electron chi connectivity index (χ2n) is 5.22. The van der Waals surface area contributed by atoms with Gasteiger partial charge in [-0.15, -0.1) is 0 Å². The standard InChI is InChI=1S/C13H20N6O/c1-3-18-6-4-5-10(18)8-14-11-7-12-16-17-13(20)19(12)9(2)15-11/h7,10,14H,3-6,8H2,1-2H3,(H,17,20). The normalized spacial score (nSPS) is 19.8. The molecule has 0 bridgehead atoms. The van der Waals surface area contributed by atoms with E-state index in [9.17, 15) is 4.79 Å². The summed E-state index contributed by atoms with van der Waals surface area (Å²) < 4.78 is 1.47. The van der Waals surface area contributed by atoms with Crippen LogP contribution in [-0.2, 0) is 0 Å². The van der Waals surface area contributed by atoms with Crippen LogP contribution in [-0.4, -0.2) is 50.2 Å². The van der Waals surface area contributed by atoms with Gasteiger partial charge in [-0.2, -0.15) is 5.10 Å². The fourth-order valence-corrected chi connectivity index (χ4v) is 2.95. The Morgan fingerprint density at radius 1 is 1.55 bits per heavy atom. The lowest BCUT2D eigenvalue weighted by Gasteiger charge is -2.23. The number of aromatic nitrogens is 4.